The van der Waals surface area contributed by atoms with E-state index in [1.165, 1.54) is 19.8 Å². The lowest BCUT2D eigenvalue weighted by molar-refractivity contribution is -0.151. The Morgan fingerprint density at radius 2 is 1.83 bits per heavy atom. The summed E-state index contributed by atoms with van der Waals surface area (Å²) in [6.07, 6.45) is 5.50. The summed E-state index contributed by atoms with van der Waals surface area (Å²) in [6, 6.07) is 5.84. The summed E-state index contributed by atoms with van der Waals surface area (Å²) in [5, 5.41) is 9.32. The Bertz CT molecular complexity index is 1330. The molecule has 4 atom stereocenters. The number of carbonyl (C=O) groups excluding carboxylic acids is 2. The molecule has 2 aromatic rings. The SMILES string of the molecule is CCCCC(C)(C)CNCC1OC(C)(C)N(C(=O)OC(C)(C)C)C1C[C@@H](C(C)C)C(OC(C)=O)c1ccc2cnn(CCCOC)c2c1. The highest BCUT2D eigenvalue weighted by atomic mass is 16.6. The molecule has 1 amide bonds. The number of ether oxygens (including phenoxy) is 4. The highest BCUT2D eigenvalue weighted by Crippen LogP contribution is 2.42. The third kappa shape index (κ3) is 10.9. The third-order valence-corrected chi connectivity index (χ3v) is 9.29. The maximum Gasteiger partial charge on any atom is 0.412 e. The van der Waals surface area contributed by atoms with E-state index in [1.54, 1.807) is 12.0 Å². The van der Waals surface area contributed by atoms with Crippen LogP contribution in [-0.2, 0) is 30.3 Å². The second-order valence-electron chi connectivity index (χ2n) is 16.1. The first-order valence-corrected chi connectivity index (χ1v) is 17.9. The van der Waals surface area contributed by atoms with Gasteiger partial charge in [-0.15, -0.1) is 0 Å². The molecule has 2 heterocycles. The maximum absolute atomic E-state index is 13.9. The molecule has 10 heteroatoms. The minimum absolute atomic E-state index is 0.113. The molecule has 0 aliphatic carbocycles. The van der Waals surface area contributed by atoms with E-state index in [4.69, 9.17) is 18.9 Å². The fourth-order valence-corrected chi connectivity index (χ4v) is 6.88. The Hall–Kier alpha value is -2.69. The van der Waals surface area contributed by atoms with Gasteiger partial charge in [0, 0.05) is 51.6 Å². The van der Waals surface area contributed by atoms with Crippen LogP contribution in [0.25, 0.3) is 10.9 Å². The lowest BCUT2D eigenvalue weighted by atomic mass is 9.80. The van der Waals surface area contributed by atoms with Crippen LogP contribution < -0.4 is 5.32 Å². The standard InChI is InChI=1S/C38H64N4O6/c1-13-14-18-37(8,9)25-39-24-33-32(42(38(10,11)47-33)35(44)48-36(5,6)7)22-30(26(2)3)34(46-27(4)43)28-16-17-29-23-40-41(31(29)21-28)19-15-20-45-12/h16-17,21,23,26,30,32-34,39H,13-15,18-20,22,24-25H2,1-12H3/t30-,32?,33?,34?/m0/s1. The first-order valence-electron chi connectivity index (χ1n) is 17.9. The van der Waals surface area contributed by atoms with E-state index >= 15 is 0 Å². The summed E-state index contributed by atoms with van der Waals surface area (Å²) < 4.78 is 26.1. The average molecular weight is 673 g/mol. The van der Waals surface area contributed by atoms with Crippen molar-refractivity contribution in [3.05, 3.63) is 30.0 Å². The summed E-state index contributed by atoms with van der Waals surface area (Å²) in [4.78, 5) is 28.4. The highest BCUT2D eigenvalue weighted by Gasteiger charge is 2.52. The molecule has 0 spiro atoms. The zero-order chi connectivity index (χ0) is 35.9. The Morgan fingerprint density at radius 3 is 2.44 bits per heavy atom. The van der Waals surface area contributed by atoms with Crippen molar-refractivity contribution in [2.75, 3.05) is 26.8 Å². The van der Waals surface area contributed by atoms with E-state index in [9.17, 15) is 9.59 Å². The van der Waals surface area contributed by atoms with Gasteiger partial charge in [-0.3, -0.25) is 14.4 Å². The van der Waals surface area contributed by atoms with Crippen molar-refractivity contribution in [3.8, 4) is 0 Å². The molecule has 272 valence electrons. The molecule has 1 aromatic carbocycles. The molecule has 1 N–H and O–H groups in total. The lowest BCUT2D eigenvalue weighted by Crippen LogP contribution is -2.52. The van der Waals surface area contributed by atoms with E-state index in [0.29, 0.717) is 19.6 Å². The molecule has 0 bridgehead atoms. The Kier molecular flexibility index (Phi) is 13.9. The van der Waals surface area contributed by atoms with Gasteiger partial charge in [0.2, 0.25) is 0 Å². The Labute approximate surface area is 289 Å². The van der Waals surface area contributed by atoms with Gasteiger partial charge in [0.1, 0.15) is 17.4 Å². The zero-order valence-corrected chi connectivity index (χ0v) is 31.9. The summed E-state index contributed by atoms with van der Waals surface area (Å²) in [5.41, 5.74) is 0.455. The van der Waals surface area contributed by atoms with E-state index in [2.05, 4.69) is 51.1 Å². The van der Waals surface area contributed by atoms with Gasteiger partial charge in [-0.2, -0.15) is 5.10 Å². The van der Waals surface area contributed by atoms with E-state index < -0.39 is 23.5 Å². The second kappa shape index (κ2) is 16.8. The fraction of sp³-hybridized carbons (Fsp3) is 0.763. The zero-order valence-electron chi connectivity index (χ0n) is 31.9. The Morgan fingerprint density at radius 1 is 1.12 bits per heavy atom. The normalized spacial score (nSPS) is 19.6. The summed E-state index contributed by atoms with van der Waals surface area (Å²) in [7, 11) is 1.70. The molecule has 3 rings (SSSR count). The van der Waals surface area contributed by atoms with Crippen molar-refractivity contribution in [2.24, 2.45) is 17.3 Å². The molecule has 1 aliphatic rings. The Balaban J connectivity index is 2.01. The first-order chi connectivity index (χ1) is 22.4. The van der Waals surface area contributed by atoms with Crippen LogP contribution in [0.15, 0.2) is 24.4 Å². The largest absolute Gasteiger partial charge is 0.457 e. The van der Waals surface area contributed by atoms with Crippen LogP contribution >= 0.6 is 0 Å². The number of fused-ring (bicyclic) bond motifs is 1. The van der Waals surface area contributed by atoms with Crippen molar-refractivity contribution in [1.29, 1.82) is 0 Å². The molecule has 10 nitrogen and oxygen atoms in total. The van der Waals surface area contributed by atoms with E-state index in [0.717, 1.165) is 42.4 Å². The number of nitrogens with zero attached hydrogens (tertiary/aromatic N) is 3. The molecule has 1 aromatic heterocycles. The minimum atomic E-state index is -0.900. The van der Waals surface area contributed by atoms with Crippen LogP contribution in [0.2, 0.25) is 0 Å². The third-order valence-electron chi connectivity index (χ3n) is 9.29. The molecule has 1 fully saturated rings. The van der Waals surface area contributed by atoms with Crippen LogP contribution in [0.5, 0.6) is 0 Å². The first kappa shape index (κ1) is 39.7. The van der Waals surface area contributed by atoms with Gasteiger partial charge in [0.25, 0.3) is 0 Å². The summed E-state index contributed by atoms with van der Waals surface area (Å²) >= 11 is 0. The minimum Gasteiger partial charge on any atom is -0.457 e. The molecule has 0 radical (unpaired) electrons. The number of unbranched alkanes of at least 4 members (excludes halogenated alkanes) is 1. The smallest absolute Gasteiger partial charge is 0.412 e. The van der Waals surface area contributed by atoms with Crippen LogP contribution in [-0.4, -0.2) is 77.0 Å². The van der Waals surface area contributed by atoms with Crippen LogP contribution in [0.1, 0.15) is 120 Å². The quantitative estimate of drug-likeness (QED) is 0.134. The van der Waals surface area contributed by atoms with E-state index in [1.807, 2.05) is 57.6 Å². The molecule has 48 heavy (non-hydrogen) atoms. The van der Waals surface area contributed by atoms with Crippen molar-refractivity contribution >= 4 is 23.0 Å². The molecular weight excluding hydrogens is 608 g/mol. The van der Waals surface area contributed by atoms with Gasteiger partial charge in [0.15, 0.2) is 0 Å². The van der Waals surface area contributed by atoms with Crippen molar-refractivity contribution in [2.45, 2.75) is 144 Å². The van der Waals surface area contributed by atoms with Crippen LogP contribution in [0.3, 0.4) is 0 Å². The van der Waals surface area contributed by atoms with Crippen molar-refractivity contribution in [1.82, 2.24) is 20.0 Å². The number of hydrogen-bond acceptors (Lipinski definition) is 8. The van der Waals surface area contributed by atoms with Crippen LogP contribution in [0, 0.1) is 17.3 Å². The number of carbonyl (C=O) groups is 2. The molecule has 1 saturated heterocycles. The van der Waals surface area contributed by atoms with Gasteiger partial charge >= 0.3 is 12.1 Å². The molecular formula is C38H64N4O6. The topological polar surface area (TPSA) is 104 Å². The van der Waals surface area contributed by atoms with Gasteiger partial charge in [-0.1, -0.05) is 59.6 Å². The number of aromatic nitrogens is 2. The number of hydrogen-bond donors (Lipinski definition) is 1. The predicted molar refractivity (Wildman–Crippen MR) is 191 cm³/mol. The van der Waals surface area contributed by atoms with Crippen LogP contribution in [0.4, 0.5) is 4.79 Å². The van der Waals surface area contributed by atoms with Crippen molar-refractivity contribution < 1.29 is 28.5 Å². The maximum atomic E-state index is 13.9. The van der Waals surface area contributed by atoms with Gasteiger partial charge < -0.3 is 24.3 Å². The number of rotatable bonds is 17. The predicted octanol–water partition coefficient (Wildman–Crippen LogP) is 7.89. The summed E-state index contributed by atoms with van der Waals surface area (Å²) in [6.45, 7) is 24.8. The number of aryl methyl sites for hydroxylation is 1. The second-order valence-corrected chi connectivity index (χ2v) is 16.1. The average Bonchev–Trinajstić information content (AvgIpc) is 3.48. The fourth-order valence-electron chi connectivity index (χ4n) is 6.88. The van der Waals surface area contributed by atoms with Gasteiger partial charge in [-0.05, 0) is 76.8 Å². The number of methoxy groups -OCH3 is 1. The monoisotopic (exact) mass is 672 g/mol. The number of amides is 1. The lowest BCUT2D eigenvalue weighted by Gasteiger charge is -2.38. The molecule has 1 aliphatic heterocycles. The summed E-state index contributed by atoms with van der Waals surface area (Å²) in [5.74, 6) is -0.367. The highest BCUT2D eigenvalue weighted by molar-refractivity contribution is 5.79. The molecule has 3 unspecified atom stereocenters. The van der Waals surface area contributed by atoms with Gasteiger partial charge in [-0.25, -0.2) is 4.79 Å². The number of nitrogens with one attached hydrogen (secondary N) is 1. The number of esters is 1. The van der Waals surface area contributed by atoms with E-state index in [-0.39, 0.29) is 35.4 Å². The number of benzene rings is 1. The molecule has 0 saturated carbocycles. The van der Waals surface area contributed by atoms with Crippen molar-refractivity contribution in [3.63, 3.8) is 0 Å². The van der Waals surface area contributed by atoms with Gasteiger partial charge in [0.05, 0.1) is 23.9 Å².